The standard InChI is InChI=1S/C18H26N2O2/c1-13(21)19-16-5-4-8-20(12-16)11-14-6-7-17-15(9-14)10-18(2,3)22-17/h6-7,9,16H,4-5,8,10-12H2,1-3H3,(H,19,21). The van der Waals surface area contributed by atoms with E-state index in [0.717, 1.165) is 44.6 Å². The zero-order valence-electron chi connectivity index (χ0n) is 13.8. The van der Waals surface area contributed by atoms with Gasteiger partial charge >= 0.3 is 0 Å². The fourth-order valence-corrected chi connectivity index (χ4v) is 3.62. The van der Waals surface area contributed by atoms with Crippen LogP contribution in [0.3, 0.4) is 0 Å². The molecule has 0 saturated carbocycles. The Labute approximate surface area is 132 Å². The molecule has 2 aliphatic heterocycles. The number of benzene rings is 1. The van der Waals surface area contributed by atoms with Crippen LogP contribution in [0, 0.1) is 0 Å². The van der Waals surface area contributed by atoms with Crippen LogP contribution in [0.25, 0.3) is 0 Å². The maximum absolute atomic E-state index is 11.2. The van der Waals surface area contributed by atoms with E-state index in [1.807, 2.05) is 0 Å². The number of ether oxygens (including phenoxy) is 1. The molecular formula is C18H26N2O2. The van der Waals surface area contributed by atoms with E-state index in [1.54, 1.807) is 6.92 Å². The van der Waals surface area contributed by atoms with Gasteiger partial charge < -0.3 is 10.1 Å². The highest BCUT2D eigenvalue weighted by Crippen LogP contribution is 2.35. The number of hydrogen-bond donors (Lipinski definition) is 1. The molecule has 1 aromatic rings. The predicted molar refractivity (Wildman–Crippen MR) is 87.0 cm³/mol. The lowest BCUT2D eigenvalue weighted by Crippen LogP contribution is -2.46. The van der Waals surface area contributed by atoms with E-state index in [9.17, 15) is 4.79 Å². The minimum Gasteiger partial charge on any atom is -0.487 e. The summed E-state index contributed by atoms with van der Waals surface area (Å²) in [7, 11) is 0. The fourth-order valence-electron chi connectivity index (χ4n) is 3.62. The van der Waals surface area contributed by atoms with Crippen LogP contribution in [0.2, 0.25) is 0 Å². The van der Waals surface area contributed by atoms with E-state index in [1.165, 1.54) is 11.1 Å². The minimum atomic E-state index is -0.0808. The van der Waals surface area contributed by atoms with Crippen LogP contribution >= 0.6 is 0 Å². The monoisotopic (exact) mass is 302 g/mol. The van der Waals surface area contributed by atoms with Crippen LogP contribution < -0.4 is 10.1 Å². The molecule has 0 aliphatic carbocycles. The van der Waals surface area contributed by atoms with Gasteiger partial charge in [-0.1, -0.05) is 12.1 Å². The van der Waals surface area contributed by atoms with Gasteiger partial charge in [0.25, 0.3) is 0 Å². The summed E-state index contributed by atoms with van der Waals surface area (Å²) in [4.78, 5) is 13.7. The molecule has 2 aliphatic rings. The zero-order valence-corrected chi connectivity index (χ0v) is 13.8. The smallest absolute Gasteiger partial charge is 0.217 e. The van der Waals surface area contributed by atoms with E-state index in [4.69, 9.17) is 4.74 Å². The Morgan fingerprint density at radius 1 is 1.45 bits per heavy atom. The predicted octanol–water partition coefficient (Wildman–Crippen LogP) is 2.50. The molecular weight excluding hydrogens is 276 g/mol. The number of amides is 1. The molecule has 1 atom stereocenters. The van der Waals surface area contributed by atoms with Gasteiger partial charge in [-0.15, -0.1) is 0 Å². The number of hydrogen-bond acceptors (Lipinski definition) is 3. The lowest BCUT2D eigenvalue weighted by Gasteiger charge is -2.33. The summed E-state index contributed by atoms with van der Waals surface area (Å²) in [5.74, 6) is 1.10. The van der Waals surface area contributed by atoms with Gasteiger partial charge in [-0.2, -0.15) is 0 Å². The number of rotatable bonds is 3. The summed E-state index contributed by atoms with van der Waals surface area (Å²) in [6.45, 7) is 8.86. The summed E-state index contributed by atoms with van der Waals surface area (Å²) in [6.07, 6.45) is 3.21. The second kappa shape index (κ2) is 5.92. The molecule has 3 rings (SSSR count). The van der Waals surface area contributed by atoms with Crippen LogP contribution in [0.4, 0.5) is 0 Å². The summed E-state index contributed by atoms with van der Waals surface area (Å²) in [6, 6.07) is 6.85. The molecule has 0 aromatic heterocycles. The van der Waals surface area contributed by atoms with E-state index in [-0.39, 0.29) is 11.5 Å². The number of nitrogens with one attached hydrogen (secondary N) is 1. The summed E-state index contributed by atoms with van der Waals surface area (Å²) < 4.78 is 5.94. The first kappa shape index (κ1) is 15.3. The molecule has 1 N–H and O–H groups in total. The van der Waals surface area contributed by atoms with Gasteiger partial charge in [0, 0.05) is 32.5 Å². The molecule has 0 radical (unpaired) electrons. The molecule has 1 aromatic carbocycles. The second-order valence-electron chi connectivity index (χ2n) is 7.26. The van der Waals surface area contributed by atoms with E-state index < -0.39 is 0 Å². The Balaban J connectivity index is 1.63. The quantitative estimate of drug-likeness (QED) is 0.933. The van der Waals surface area contributed by atoms with Crippen LogP contribution in [0.5, 0.6) is 5.75 Å². The maximum Gasteiger partial charge on any atom is 0.217 e. The average molecular weight is 302 g/mol. The third-order valence-electron chi connectivity index (χ3n) is 4.45. The topological polar surface area (TPSA) is 41.6 Å². The third kappa shape index (κ3) is 3.61. The second-order valence-corrected chi connectivity index (χ2v) is 7.26. The Hall–Kier alpha value is -1.55. The number of piperidine rings is 1. The summed E-state index contributed by atoms with van der Waals surface area (Å²) >= 11 is 0. The minimum absolute atomic E-state index is 0.0729. The van der Waals surface area contributed by atoms with Crippen LogP contribution in [-0.2, 0) is 17.8 Å². The van der Waals surface area contributed by atoms with Crippen molar-refractivity contribution < 1.29 is 9.53 Å². The molecule has 120 valence electrons. The highest BCUT2D eigenvalue weighted by Gasteiger charge is 2.30. The van der Waals surface area contributed by atoms with Gasteiger partial charge in [-0.3, -0.25) is 9.69 Å². The Morgan fingerprint density at radius 3 is 3.05 bits per heavy atom. The van der Waals surface area contributed by atoms with Crippen molar-refractivity contribution in [2.24, 2.45) is 0 Å². The van der Waals surface area contributed by atoms with Gasteiger partial charge in [0.1, 0.15) is 11.4 Å². The van der Waals surface area contributed by atoms with Crippen molar-refractivity contribution in [2.75, 3.05) is 13.1 Å². The first-order valence-corrected chi connectivity index (χ1v) is 8.21. The number of fused-ring (bicyclic) bond motifs is 1. The molecule has 0 spiro atoms. The van der Waals surface area contributed by atoms with Crippen LogP contribution in [-0.4, -0.2) is 35.5 Å². The highest BCUT2D eigenvalue weighted by atomic mass is 16.5. The van der Waals surface area contributed by atoms with E-state index >= 15 is 0 Å². The van der Waals surface area contributed by atoms with E-state index in [0.29, 0.717) is 6.04 Å². The third-order valence-corrected chi connectivity index (χ3v) is 4.45. The van der Waals surface area contributed by atoms with Crippen LogP contribution in [0.15, 0.2) is 18.2 Å². The lowest BCUT2D eigenvalue weighted by atomic mass is 9.99. The Bertz CT molecular complexity index is 568. The zero-order chi connectivity index (χ0) is 15.7. The fraction of sp³-hybridized carbons (Fsp3) is 0.611. The van der Waals surface area contributed by atoms with Crippen molar-refractivity contribution in [1.29, 1.82) is 0 Å². The van der Waals surface area contributed by atoms with Gasteiger partial charge in [-0.05, 0) is 50.4 Å². The summed E-state index contributed by atoms with van der Waals surface area (Å²) in [5.41, 5.74) is 2.57. The molecule has 0 bridgehead atoms. The van der Waals surface area contributed by atoms with Gasteiger partial charge in [0.2, 0.25) is 5.91 Å². The van der Waals surface area contributed by atoms with Gasteiger partial charge in [0.15, 0.2) is 0 Å². The van der Waals surface area contributed by atoms with Crippen molar-refractivity contribution in [3.63, 3.8) is 0 Å². The van der Waals surface area contributed by atoms with Crippen molar-refractivity contribution >= 4 is 5.91 Å². The molecule has 4 heteroatoms. The Morgan fingerprint density at radius 2 is 2.27 bits per heavy atom. The molecule has 1 fully saturated rings. The number of carbonyl (C=O) groups excluding carboxylic acids is 1. The highest BCUT2D eigenvalue weighted by molar-refractivity contribution is 5.73. The number of nitrogens with zero attached hydrogens (tertiary/aromatic N) is 1. The van der Waals surface area contributed by atoms with Crippen LogP contribution in [0.1, 0.15) is 44.7 Å². The molecule has 22 heavy (non-hydrogen) atoms. The van der Waals surface area contributed by atoms with Crippen molar-refractivity contribution in [2.45, 2.75) is 58.2 Å². The molecule has 1 amide bonds. The Kier molecular flexibility index (Phi) is 4.13. The number of likely N-dealkylation sites (tertiary alicyclic amines) is 1. The van der Waals surface area contributed by atoms with Crippen molar-refractivity contribution in [3.05, 3.63) is 29.3 Å². The normalized spacial score (nSPS) is 23.7. The van der Waals surface area contributed by atoms with Crippen molar-refractivity contribution in [3.8, 4) is 5.75 Å². The average Bonchev–Trinajstić information content (AvgIpc) is 2.71. The summed E-state index contributed by atoms with van der Waals surface area (Å²) in [5, 5.41) is 3.05. The van der Waals surface area contributed by atoms with Gasteiger partial charge in [0.05, 0.1) is 0 Å². The molecule has 1 unspecified atom stereocenters. The maximum atomic E-state index is 11.2. The first-order chi connectivity index (χ1) is 10.4. The first-order valence-electron chi connectivity index (χ1n) is 8.21. The SMILES string of the molecule is CC(=O)NC1CCCN(Cc2ccc3c(c2)CC(C)(C)O3)C1. The molecule has 1 saturated heterocycles. The molecule has 2 heterocycles. The largest absolute Gasteiger partial charge is 0.487 e. The molecule has 4 nitrogen and oxygen atoms in total. The number of carbonyl (C=O) groups is 1. The van der Waals surface area contributed by atoms with E-state index in [2.05, 4.69) is 42.3 Å². The van der Waals surface area contributed by atoms with Gasteiger partial charge in [-0.25, -0.2) is 0 Å². The van der Waals surface area contributed by atoms with Crippen molar-refractivity contribution in [1.82, 2.24) is 10.2 Å². The lowest BCUT2D eigenvalue weighted by molar-refractivity contribution is -0.120.